The van der Waals surface area contributed by atoms with E-state index in [-0.39, 0.29) is 5.41 Å². The van der Waals surface area contributed by atoms with Crippen LogP contribution in [0.15, 0.2) is 64.5 Å². The van der Waals surface area contributed by atoms with Gasteiger partial charge in [0.2, 0.25) is 0 Å². The van der Waals surface area contributed by atoms with E-state index in [0.29, 0.717) is 0 Å². The highest BCUT2D eigenvalue weighted by Gasteiger charge is 2.17. The van der Waals surface area contributed by atoms with Crippen LogP contribution >= 0.6 is 0 Å². The normalized spacial score (nSPS) is 12.7. The van der Waals surface area contributed by atoms with Gasteiger partial charge in [0, 0.05) is 5.41 Å². The number of aryl methyl sites for hydroxylation is 1. The summed E-state index contributed by atoms with van der Waals surface area (Å²) < 4.78 is 5.19. The Hall–Kier alpha value is -2.42. The standard InChI is InChI=1S/C20H24N2O/c1-15-6-10-17(11-7-15)21-22-19(20(2,3)4)14-16-8-12-18(23-5)13-9-16/h6-14H,1-5H3/b19-14+,22-21?. The Labute approximate surface area is 138 Å². The molecule has 120 valence electrons. The number of hydrogen-bond acceptors (Lipinski definition) is 3. The minimum absolute atomic E-state index is 0.0892. The Balaban J connectivity index is 2.29. The van der Waals surface area contributed by atoms with Gasteiger partial charge in [0.25, 0.3) is 0 Å². The third kappa shape index (κ3) is 5.06. The van der Waals surface area contributed by atoms with Crippen molar-refractivity contribution in [3.63, 3.8) is 0 Å². The van der Waals surface area contributed by atoms with E-state index >= 15 is 0 Å². The molecule has 0 radical (unpaired) electrons. The first-order valence-electron chi connectivity index (χ1n) is 7.73. The second kappa shape index (κ2) is 7.23. The molecule has 0 atom stereocenters. The third-order valence-corrected chi connectivity index (χ3v) is 3.49. The van der Waals surface area contributed by atoms with Crippen LogP contribution in [0.4, 0.5) is 5.69 Å². The summed E-state index contributed by atoms with van der Waals surface area (Å²) in [6.07, 6.45) is 2.07. The van der Waals surface area contributed by atoms with E-state index in [9.17, 15) is 0 Å². The maximum atomic E-state index is 5.19. The molecule has 0 aromatic heterocycles. The molecular weight excluding hydrogens is 284 g/mol. The first-order chi connectivity index (χ1) is 10.9. The number of allylic oxidation sites excluding steroid dienone is 1. The monoisotopic (exact) mass is 308 g/mol. The molecule has 0 amide bonds. The van der Waals surface area contributed by atoms with Gasteiger partial charge < -0.3 is 4.74 Å². The second-order valence-corrected chi connectivity index (χ2v) is 6.59. The first kappa shape index (κ1) is 16.9. The number of benzene rings is 2. The van der Waals surface area contributed by atoms with E-state index in [1.807, 2.05) is 48.5 Å². The molecule has 3 heteroatoms. The molecule has 2 rings (SSSR count). The number of azo groups is 1. The van der Waals surface area contributed by atoms with Gasteiger partial charge in [0.05, 0.1) is 18.5 Å². The fourth-order valence-electron chi connectivity index (χ4n) is 1.98. The predicted molar refractivity (Wildman–Crippen MR) is 96.1 cm³/mol. The summed E-state index contributed by atoms with van der Waals surface area (Å²) in [7, 11) is 1.67. The molecule has 0 aliphatic heterocycles. The van der Waals surface area contributed by atoms with Gasteiger partial charge in [-0.1, -0.05) is 50.6 Å². The Kier molecular flexibility index (Phi) is 5.32. The van der Waals surface area contributed by atoms with Gasteiger partial charge in [-0.15, -0.1) is 0 Å². The van der Waals surface area contributed by atoms with Crippen molar-refractivity contribution in [2.45, 2.75) is 27.7 Å². The fourth-order valence-corrected chi connectivity index (χ4v) is 1.98. The molecule has 0 spiro atoms. The molecule has 0 N–H and O–H groups in total. The van der Waals surface area contributed by atoms with Crippen molar-refractivity contribution in [2.75, 3.05) is 7.11 Å². The lowest BCUT2D eigenvalue weighted by molar-refractivity contribution is 0.415. The summed E-state index contributed by atoms with van der Waals surface area (Å²) in [5.41, 5.74) is 4.00. The van der Waals surface area contributed by atoms with Crippen molar-refractivity contribution in [3.05, 3.63) is 65.4 Å². The van der Waals surface area contributed by atoms with Crippen LogP contribution in [0, 0.1) is 12.3 Å². The molecule has 0 saturated carbocycles. The smallest absolute Gasteiger partial charge is 0.118 e. The summed E-state index contributed by atoms with van der Waals surface area (Å²) in [4.78, 5) is 0. The molecule has 0 aliphatic carbocycles. The molecule has 0 bridgehead atoms. The average molecular weight is 308 g/mol. The summed E-state index contributed by atoms with van der Waals surface area (Å²) in [6, 6.07) is 16.0. The maximum Gasteiger partial charge on any atom is 0.118 e. The number of ether oxygens (including phenoxy) is 1. The molecular formula is C20H24N2O. The number of nitrogens with zero attached hydrogens (tertiary/aromatic N) is 2. The van der Waals surface area contributed by atoms with Gasteiger partial charge in [0.15, 0.2) is 0 Å². The van der Waals surface area contributed by atoms with Crippen LogP contribution in [-0.4, -0.2) is 7.11 Å². The second-order valence-electron chi connectivity index (χ2n) is 6.59. The third-order valence-electron chi connectivity index (χ3n) is 3.49. The van der Waals surface area contributed by atoms with Crippen LogP contribution in [-0.2, 0) is 0 Å². The van der Waals surface area contributed by atoms with E-state index in [1.54, 1.807) is 7.11 Å². The van der Waals surface area contributed by atoms with Crippen LogP contribution in [0.1, 0.15) is 31.9 Å². The van der Waals surface area contributed by atoms with Crippen molar-refractivity contribution in [1.29, 1.82) is 0 Å². The van der Waals surface area contributed by atoms with Gasteiger partial charge in [-0.25, -0.2) is 0 Å². The van der Waals surface area contributed by atoms with Crippen LogP contribution in [0.5, 0.6) is 5.75 Å². The highest BCUT2D eigenvalue weighted by molar-refractivity contribution is 5.55. The van der Waals surface area contributed by atoms with Crippen molar-refractivity contribution in [1.82, 2.24) is 0 Å². The zero-order valence-electron chi connectivity index (χ0n) is 14.5. The van der Waals surface area contributed by atoms with Gasteiger partial charge >= 0.3 is 0 Å². The quantitative estimate of drug-likeness (QED) is 0.621. The van der Waals surface area contributed by atoms with Gasteiger partial charge in [-0.2, -0.15) is 10.2 Å². The summed E-state index contributed by atoms with van der Waals surface area (Å²) in [5.74, 6) is 0.848. The highest BCUT2D eigenvalue weighted by Crippen LogP contribution is 2.30. The van der Waals surface area contributed by atoms with Crippen LogP contribution < -0.4 is 4.74 Å². The molecule has 0 unspecified atom stereocenters. The van der Waals surface area contributed by atoms with Crippen LogP contribution in [0.3, 0.4) is 0 Å². The summed E-state index contributed by atoms with van der Waals surface area (Å²) >= 11 is 0. The van der Waals surface area contributed by atoms with Crippen molar-refractivity contribution < 1.29 is 4.74 Å². The average Bonchev–Trinajstić information content (AvgIpc) is 2.52. The minimum Gasteiger partial charge on any atom is -0.497 e. The molecule has 3 nitrogen and oxygen atoms in total. The number of rotatable bonds is 4. The molecule has 2 aromatic rings. The fraction of sp³-hybridized carbons (Fsp3) is 0.300. The Bertz CT molecular complexity index is 690. The first-order valence-corrected chi connectivity index (χ1v) is 7.73. The van der Waals surface area contributed by atoms with E-state index in [0.717, 1.165) is 22.7 Å². The Morgan fingerprint density at radius 1 is 0.957 bits per heavy atom. The van der Waals surface area contributed by atoms with E-state index in [4.69, 9.17) is 4.74 Å². The molecule has 0 fully saturated rings. The largest absolute Gasteiger partial charge is 0.497 e. The van der Waals surface area contributed by atoms with E-state index < -0.39 is 0 Å². The summed E-state index contributed by atoms with van der Waals surface area (Å²) in [5, 5.41) is 8.86. The zero-order chi connectivity index (χ0) is 16.9. The number of methoxy groups -OCH3 is 1. The van der Waals surface area contributed by atoms with Crippen LogP contribution in [0.2, 0.25) is 0 Å². The topological polar surface area (TPSA) is 34.0 Å². The molecule has 0 saturated heterocycles. The maximum absolute atomic E-state index is 5.19. The van der Waals surface area contributed by atoms with E-state index in [1.165, 1.54) is 5.56 Å². The lowest BCUT2D eigenvalue weighted by Gasteiger charge is -2.18. The lowest BCUT2D eigenvalue weighted by Crippen LogP contribution is -2.07. The Morgan fingerprint density at radius 3 is 2.09 bits per heavy atom. The molecule has 2 aromatic carbocycles. The zero-order valence-corrected chi connectivity index (χ0v) is 14.5. The van der Waals surface area contributed by atoms with Gasteiger partial charge in [-0.3, -0.25) is 0 Å². The minimum atomic E-state index is -0.0892. The predicted octanol–water partition coefficient (Wildman–Crippen LogP) is 6.17. The van der Waals surface area contributed by atoms with Gasteiger partial charge in [-0.05, 0) is 42.8 Å². The SMILES string of the molecule is COc1ccc(/C=C(/N=Nc2ccc(C)cc2)C(C)(C)C)cc1. The molecule has 0 aliphatic rings. The van der Waals surface area contributed by atoms with Crippen molar-refractivity contribution in [2.24, 2.45) is 15.6 Å². The molecule has 0 heterocycles. The summed E-state index contributed by atoms with van der Waals surface area (Å²) in [6.45, 7) is 8.47. The van der Waals surface area contributed by atoms with Gasteiger partial charge in [0.1, 0.15) is 5.75 Å². The van der Waals surface area contributed by atoms with Crippen molar-refractivity contribution in [3.8, 4) is 5.75 Å². The van der Waals surface area contributed by atoms with Crippen LogP contribution in [0.25, 0.3) is 6.08 Å². The lowest BCUT2D eigenvalue weighted by atomic mass is 9.91. The van der Waals surface area contributed by atoms with E-state index in [2.05, 4.69) is 44.0 Å². The van der Waals surface area contributed by atoms with Crippen molar-refractivity contribution >= 4 is 11.8 Å². The number of hydrogen-bond donors (Lipinski definition) is 0. The highest BCUT2D eigenvalue weighted by atomic mass is 16.5. The molecule has 23 heavy (non-hydrogen) atoms. The Morgan fingerprint density at radius 2 is 1.57 bits per heavy atom.